The number of benzene rings is 2. The maximum Gasteiger partial charge on any atom is 0.240 e. The molecule has 2 aromatic rings. The highest BCUT2D eigenvalue weighted by Crippen LogP contribution is 2.31. The molecule has 7 nitrogen and oxygen atoms in total. The van der Waals surface area contributed by atoms with Crippen LogP contribution in [0.25, 0.3) is 0 Å². The van der Waals surface area contributed by atoms with E-state index in [1.807, 2.05) is 25.1 Å². The molecule has 0 bridgehead atoms. The highest BCUT2D eigenvalue weighted by molar-refractivity contribution is 7.89. The van der Waals surface area contributed by atoms with E-state index in [2.05, 4.69) is 4.72 Å². The van der Waals surface area contributed by atoms with Crippen molar-refractivity contribution in [1.82, 2.24) is 9.62 Å². The van der Waals surface area contributed by atoms with Gasteiger partial charge in [-0.15, -0.1) is 0 Å². The summed E-state index contributed by atoms with van der Waals surface area (Å²) in [5.41, 5.74) is 0.935. The summed E-state index contributed by atoms with van der Waals surface area (Å²) < 4.78 is 38.0. The second-order valence-corrected chi connectivity index (χ2v) is 8.11. The maximum absolute atomic E-state index is 12.5. The van der Waals surface area contributed by atoms with Gasteiger partial charge in [-0.05, 0) is 36.8 Å². The quantitative estimate of drug-likeness (QED) is 0.729. The molecule has 1 heterocycles. The molecule has 28 heavy (non-hydrogen) atoms. The van der Waals surface area contributed by atoms with Crippen LogP contribution < -0.4 is 14.2 Å². The van der Waals surface area contributed by atoms with E-state index in [9.17, 15) is 13.2 Å². The lowest BCUT2D eigenvalue weighted by Gasteiger charge is -2.23. The Bertz CT molecular complexity index is 915. The van der Waals surface area contributed by atoms with Crippen LogP contribution in [0.3, 0.4) is 0 Å². The second-order valence-electron chi connectivity index (χ2n) is 6.35. The van der Waals surface area contributed by atoms with Crippen LogP contribution in [-0.4, -0.2) is 45.5 Å². The average Bonchev–Trinajstić information content (AvgIpc) is 2.72. The minimum Gasteiger partial charge on any atom is -0.486 e. The smallest absolute Gasteiger partial charge is 0.240 e. The summed E-state index contributed by atoms with van der Waals surface area (Å²) in [6, 6.07) is 13.7. The fourth-order valence-electron chi connectivity index (χ4n) is 2.92. The summed E-state index contributed by atoms with van der Waals surface area (Å²) in [7, 11) is -3.61. The van der Waals surface area contributed by atoms with E-state index in [0.717, 1.165) is 5.56 Å². The summed E-state index contributed by atoms with van der Waals surface area (Å²) in [4.78, 5) is 14.4. The Morgan fingerprint density at radius 3 is 2.50 bits per heavy atom. The van der Waals surface area contributed by atoms with Crippen LogP contribution in [0.15, 0.2) is 53.4 Å². The third-order valence-electron chi connectivity index (χ3n) is 4.40. The number of amides is 1. The van der Waals surface area contributed by atoms with E-state index in [0.29, 0.717) is 37.8 Å². The molecule has 1 aliphatic heterocycles. The Labute approximate surface area is 165 Å². The molecule has 0 unspecified atom stereocenters. The first kappa shape index (κ1) is 20.2. The summed E-state index contributed by atoms with van der Waals surface area (Å²) in [5.74, 6) is 1.27. The molecule has 8 heteroatoms. The van der Waals surface area contributed by atoms with E-state index in [1.165, 1.54) is 12.1 Å². The first-order chi connectivity index (χ1) is 13.5. The lowest BCUT2D eigenvalue weighted by molar-refractivity contribution is -0.131. The molecule has 150 valence electrons. The van der Waals surface area contributed by atoms with Gasteiger partial charge in [0, 0.05) is 26.1 Å². The summed E-state index contributed by atoms with van der Waals surface area (Å²) in [6.07, 6.45) is 0.0878. The molecule has 3 rings (SSSR count). The minimum atomic E-state index is -3.61. The van der Waals surface area contributed by atoms with Gasteiger partial charge in [0.25, 0.3) is 0 Å². The average molecular weight is 404 g/mol. The molecule has 0 spiro atoms. The van der Waals surface area contributed by atoms with Crippen molar-refractivity contribution in [3.8, 4) is 11.5 Å². The highest BCUT2D eigenvalue weighted by Gasteiger charge is 2.17. The van der Waals surface area contributed by atoms with Gasteiger partial charge >= 0.3 is 0 Å². The van der Waals surface area contributed by atoms with Gasteiger partial charge in [0.2, 0.25) is 15.9 Å². The Kier molecular flexibility index (Phi) is 6.53. The van der Waals surface area contributed by atoms with Crippen LogP contribution in [0.4, 0.5) is 0 Å². The van der Waals surface area contributed by atoms with Gasteiger partial charge in [-0.1, -0.05) is 24.3 Å². The minimum absolute atomic E-state index is 0.0493. The lowest BCUT2D eigenvalue weighted by Crippen LogP contribution is -2.34. The largest absolute Gasteiger partial charge is 0.486 e. The third kappa shape index (κ3) is 5.02. The van der Waals surface area contributed by atoms with Gasteiger partial charge in [0.05, 0.1) is 4.90 Å². The van der Waals surface area contributed by atoms with Crippen molar-refractivity contribution < 1.29 is 22.7 Å². The van der Waals surface area contributed by atoms with E-state index < -0.39 is 10.0 Å². The van der Waals surface area contributed by atoms with Gasteiger partial charge in [-0.25, -0.2) is 13.1 Å². The Morgan fingerprint density at radius 2 is 1.79 bits per heavy atom. The Morgan fingerprint density at radius 1 is 1.07 bits per heavy atom. The van der Waals surface area contributed by atoms with Crippen LogP contribution in [-0.2, 0) is 21.4 Å². The fourth-order valence-corrected chi connectivity index (χ4v) is 3.97. The van der Waals surface area contributed by atoms with Gasteiger partial charge in [0.15, 0.2) is 11.5 Å². The maximum atomic E-state index is 12.5. The van der Waals surface area contributed by atoms with Crippen LogP contribution in [0, 0.1) is 0 Å². The van der Waals surface area contributed by atoms with Gasteiger partial charge in [-0.3, -0.25) is 4.79 Å². The van der Waals surface area contributed by atoms with E-state index >= 15 is 0 Å². The molecule has 1 aliphatic rings. The Balaban J connectivity index is 1.55. The molecule has 0 radical (unpaired) electrons. The molecule has 0 aromatic heterocycles. The van der Waals surface area contributed by atoms with Crippen molar-refractivity contribution in [3.63, 3.8) is 0 Å². The number of sulfonamides is 1. The molecule has 0 atom stereocenters. The predicted molar refractivity (Wildman–Crippen MR) is 105 cm³/mol. The van der Waals surface area contributed by atoms with Crippen molar-refractivity contribution in [1.29, 1.82) is 0 Å². The number of nitrogens with one attached hydrogen (secondary N) is 1. The van der Waals surface area contributed by atoms with Crippen molar-refractivity contribution in [3.05, 3.63) is 54.1 Å². The van der Waals surface area contributed by atoms with E-state index in [1.54, 1.807) is 23.1 Å². The van der Waals surface area contributed by atoms with Crippen LogP contribution in [0.2, 0.25) is 0 Å². The molecule has 0 saturated heterocycles. The summed E-state index contributed by atoms with van der Waals surface area (Å²) in [6.45, 7) is 3.94. The number of hydrogen-bond acceptors (Lipinski definition) is 5. The number of fused-ring (bicyclic) bond motifs is 1. The number of hydrogen-bond donors (Lipinski definition) is 1. The van der Waals surface area contributed by atoms with E-state index in [4.69, 9.17) is 9.47 Å². The molecule has 0 saturated carbocycles. The number of carbonyl (C=O) groups excluding carboxylic acids is 1. The highest BCUT2D eigenvalue weighted by atomic mass is 32.2. The van der Waals surface area contributed by atoms with Crippen molar-refractivity contribution in [2.24, 2.45) is 0 Å². The fraction of sp³-hybridized carbons (Fsp3) is 0.350. The summed E-state index contributed by atoms with van der Waals surface area (Å²) >= 11 is 0. The number of carbonyl (C=O) groups is 1. The first-order valence-electron chi connectivity index (χ1n) is 9.20. The van der Waals surface area contributed by atoms with Gasteiger partial charge < -0.3 is 14.4 Å². The molecule has 2 aromatic carbocycles. The first-order valence-corrected chi connectivity index (χ1v) is 10.7. The predicted octanol–water partition coefficient (Wildman–Crippen LogP) is 2.17. The zero-order chi connectivity index (χ0) is 20.0. The van der Waals surface area contributed by atoms with Gasteiger partial charge in [0.1, 0.15) is 13.2 Å². The van der Waals surface area contributed by atoms with Crippen molar-refractivity contribution in [2.75, 3.05) is 26.3 Å². The third-order valence-corrected chi connectivity index (χ3v) is 5.88. The molecule has 0 aliphatic carbocycles. The molecule has 0 fully saturated rings. The van der Waals surface area contributed by atoms with Crippen molar-refractivity contribution in [2.45, 2.75) is 24.8 Å². The zero-order valence-corrected chi connectivity index (χ0v) is 16.6. The van der Waals surface area contributed by atoms with Gasteiger partial charge in [-0.2, -0.15) is 0 Å². The standard InChI is InChI=1S/C20H24N2O5S/c1-2-22(15-16-8-9-18-19(14-16)27-13-12-26-18)20(23)10-11-21-28(24,25)17-6-4-3-5-7-17/h3-9,14,21H,2,10-13,15H2,1H3. The van der Waals surface area contributed by atoms with Crippen LogP contribution >= 0.6 is 0 Å². The lowest BCUT2D eigenvalue weighted by atomic mass is 10.1. The second kappa shape index (κ2) is 9.07. The number of rotatable bonds is 8. The number of ether oxygens (including phenoxy) is 2. The molecular weight excluding hydrogens is 380 g/mol. The molecular formula is C20H24N2O5S. The zero-order valence-electron chi connectivity index (χ0n) is 15.8. The van der Waals surface area contributed by atoms with Crippen molar-refractivity contribution >= 4 is 15.9 Å². The van der Waals surface area contributed by atoms with Crippen LogP contribution in [0.5, 0.6) is 11.5 Å². The summed E-state index contributed by atoms with van der Waals surface area (Å²) in [5, 5.41) is 0. The van der Waals surface area contributed by atoms with E-state index in [-0.39, 0.29) is 23.8 Å². The van der Waals surface area contributed by atoms with Crippen LogP contribution in [0.1, 0.15) is 18.9 Å². The monoisotopic (exact) mass is 404 g/mol. The SMILES string of the molecule is CCN(Cc1ccc2c(c1)OCCO2)C(=O)CCNS(=O)(=O)c1ccccc1. The number of nitrogens with zero attached hydrogens (tertiary/aromatic N) is 1. The normalized spacial score (nSPS) is 13.2. The molecule has 1 N–H and O–H groups in total. The Hall–Kier alpha value is -2.58. The molecule has 1 amide bonds. The topological polar surface area (TPSA) is 84.9 Å².